The monoisotopic (exact) mass is 527 g/mol. The van der Waals surface area contributed by atoms with Gasteiger partial charge in [-0.3, -0.25) is 9.69 Å². The molecule has 1 aliphatic carbocycles. The van der Waals surface area contributed by atoms with E-state index in [0.717, 1.165) is 55.2 Å². The van der Waals surface area contributed by atoms with Crippen molar-refractivity contribution in [3.8, 4) is 0 Å². The van der Waals surface area contributed by atoms with Crippen LogP contribution in [-0.2, 0) is 9.53 Å². The van der Waals surface area contributed by atoms with Gasteiger partial charge < -0.3 is 19.6 Å². The van der Waals surface area contributed by atoms with Gasteiger partial charge in [-0.2, -0.15) is 0 Å². The van der Waals surface area contributed by atoms with E-state index in [9.17, 15) is 9.90 Å². The molecule has 1 aromatic heterocycles. The molecule has 1 N–H and O–H groups in total. The van der Waals surface area contributed by atoms with Crippen molar-refractivity contribution >= 4 is 23.3 Å². The number of nitrogens with zero attached hydrogens (tertiary/aromatic N) is 5. The highest BCUT2D eigenvalue weighted by Crippen LogP contribution is 2.42. The molecule has 2 aliphatic heterocycles. The van der Waals surface area contributed by atoms with Gasteiger partial charge in [0.1, 0.15) is 12.1 Å². The molecule has 2 saturated heterocycles. The summed E-state index contributed by atoms with van der Waals surface area (Å²) in [7, 11) is 0. The van der Waals surface area contributed by atoms with Crippen LogP contribution in [-0.4, -0.2) is 89.3 Å². The Morgan fingerprint density at radius 1 is 1.16 bits per heavy atom. The van der Waals surface area contributed by atoms with Crippen molar-refractivity contribution in [1.82, 2.24) is 19.8 Å². The fraction of sp³-hybridized carbons (Fsp3) is 0.607. The number of benzene rings is 1. The highest BCUT2D eigenvalue weighted by molar-refractivity contribution is 6.30. The lowest BCUT2D eigenvalue weighted by Gasteiger charge is -2.40. The molecule has 9 heteroatoms. The lowest BCUT2D eigenvalue weighted by atomic mass is 9.94. The van der Waals surface area contributed by atoms with Crippen molar-refractivity contribution in [3.63, 3.8) is 0 Å². The fourth-order valence-electron chi connectivity index (χ4n) is 6.16. The van der Waals surface area contributed by atoms with Crippen molar-refractivity contribution in [3.05, 3.63) is 52.4 Å². The third kappa shape index (κ3) is 5.62. The number of amides is 1. The molecule has 37 heavy (non-hydrogen) atoms. The summed E-state index contributed by atoms with van der Waals surface area (Å²) in [6.45, 7) is 10.2. The Hall–Kier alpha value is -2.26. The van der Waals surface area contributed by atoms with Crippen LogP contribution >= 0.6 is 11.6 Å². The normalized spacial score (nSPS) is 23.4. The summed E-state index contributed by atoms with van der Waals surface area (Å²) in [4.78, 5) is 29.7. The zero-order valence-electron chi connectivity index (χ0n) is 21.9. The number of halogens is 1. The second kappa shape index (κ2) is 11.6. The first-order chi connectivity index (χ1) is 18.0. The van der Waals surface area contributed by atoms with E-state index < -0.39 is 6.10 Å². The van der Waals surface area contributed by atoms with Gasteiger partial charge in [0.2, 0.25) is 5.91 Å². The molecule has 3 aliphatic rings. The summed E-state index contributed by atoms with van der Waals surface area (Å²) < 4.78 is 5.58. The zero-order chi connectivity index (χ0) is 25.9. The minimum absolute atomic E-state index is 0.171. The maximum Gasteiger partial charge on any atom is 0.231 e. The molecule has 200 valence electrons. The van der Waals surface area contributed by atoms with E-state index in [1.54, 1.807) is 6.33 Å². The molecule has 0 radical (unpaired) electrons. The minimum Gasteiger partial charge on any atom is -0.387 e. The number of anilines is 1. The van der Waals surface area contributed by atoms with Gasteiger partial charge in [0.15, 0.2) is 0 Å². The molecular weight excluding hydrogens is 490 g/mol. The van der Waals surface area contributed by atoms with Crippen LogP contribution in [0.5, 0.6) is 0 Å². The summed E-state index contributed by atoms with van der Waals surface area (Å²) in [5.74, 6) is 1.06. The van der Waals surface area contributed by atoms with Crippen LogP contribution in [0.4, 0.5) is 5.82 Å². The largest absolute Gasteiger partial charge is 0.387 e. The van der Waals surface area contributed by atoms with Gasteiger partial charge >= 0.3 is 0 Å². The number of carbonyl (C=O) groups is 1. The first-order valence-corrected chi connectivity index (χ1v) is 14.0. The number of aliphatic hydroxyl groups is 1. The average Bonchev–Trinajstić information content (AvgIpc) is 3.23. The van der Waals surface area contributed by atoms with Gasteiger partial charge in [-0.15, -0.1) is 0 Å². The molecule has 2 aromatic rings. The number of piperazine rings is 1. The van der Waals surface area contributed by atoms with Crippen molar-refractivity contribution in [2.24, 2.45) is 0 Å². The van der Waals surface area contributed by atoms with E-state index >= 15 is 0 Å². The smallest absolute Gasteiger partial charge is 0.231 e. The molecular formula is C28H38ClN5O3. The first-order valence-electron chi connectivity index (χ1n) is 13.6. The van der Waals surface area contributed by atoms with Gasteiger partial charge in [0, 0.05) is 62.6 Å². The Balaban J connectivity index is 1.31. The highest BCUT2D eigenvalue weighted by Gasteiger charge is 2.36. The van der Waals surface area contributed by atoms with Crippen molar-refractivity contribution in [2.75, 3.05) is 57.4 Å². The minimum atomic E-state index is -0.521. The number of ether oxygens (including phenoxy) is 1. The number of hydrogen-bond acceptors (Lipinski definition) is 7. The van der Waals surface area contributed by atoms with Gasteiger partial charge in [-0.05, 0) is 49.4 Å². The summed E-state index contributed by atoms with van der Waals surface area (Å²) >= 11 is 6.18. The van der Waals surface area contributed by atoms with Crippen LogP contribution in [0.15, 0.2) is 30.6 Å². The van der Waals surface area contributed by atoms with Gasteiger partial charge in [0.05, 0.1) is 17.7 Å². The summed E-state index contributed by atoms with van der Waals surface area (Å²) in [6.07, 6.45) is 3.73. The quantitative estimate of drug-likeness (QED) is 0.589. The van der Waals surface area contributed by atoms with E-state index in [2.05, 4.69) is 33.6 Å². The second-order valence-corrected chi connectivity index (χ2v) is 10.9. The van der Waals surface area contributed by atoms with E-state index in [-0.39, 0.29) is 17.7 Å². The second-order valence-electron chi connectivity index (χ2n) is 10.5. The van der Waals surface area contributed by atoms with Crippen molar-refractivity contribution in [1.29, 1.82) is 0 Å². The molecule has 1 aromatic carbocycles. The lowest BCUT2D eigenvalue weighted by molar-refractivity contribution is -0.133. The summed E-state index contributed by atoms with van der Waals surface area (Å²) in [5, 5.41) is 11.1. The average molecular weight is 528 g/mol. The number of fused-ring (bicyclic) bond motifs is 1. The first kappa shape index (κ1) is 26.4. The summed E-state index contributed by atoms with van der Waals surface area (Å²) in [6, 6.07) is 8.19. The van der Waals surface area contributed by atoms with E-state index in [4.69, 9.17) is 16.3 Å². The molecule has 1 unspecified atom stereocenters. The summed E-state index contributed by atoms with van der Waals surface area (Å²) in [5.41, 5.74) is 2.83. The third-order valence-corrected chi connectivity index (χ3v) is 8.52. The maximum atomic E-state index is 14.0. The number of aliphatic hydroxyl groups excluding tert-OH is 1. The van der Waals surface area contributed by atoms with Gasteiger partial charge in [-0.1, -0.05) is 37.6 Å². The van der Waals surface area contributed by atoms with Gasteiger partial charge in [0.25, 0.3) is 0 Å². The molecule has 0 spiro atoms. The number of carbonyl (C=O) groups excluding carboxylic acids is 1. The van der Waals surface area contributed by atoms with Crippen LogP contribution < -0.4 is 4.90 Å². The van der Waals surface area contributed by atoms with Crippen molar-refractivity contribution in [2.45, 2.75) is 57.1 Å². The predicted octanol–water partition coefficient (Wildman–Crippen LogP) is 3.60. The van der Waals surface area contributed by atoms with E-state index in [0.29, 0.717) is 50.2 Å². The molecule has 5 rings (SSSR count). The van der Waals surface area contributed by atoms with Crippen LogP contribution in [0, 0.1) is 0 Å². The Labute approximate surface area is 224 Å². The zero-order valence-corrected chi connectivity index (χ0v) is 22.6. The van der Waals surface area contributed by atoms with E-state index in [1.165, 1.54) is 0 Å². The topological polar surface area (TPSA) is 82.0 Å². The highest BCUT2D eigenvalue weighted by atomic mass is 35.5. The number of likely N-dealkylation sites (N-methyl/N-ethyl adjacent to an activating group) is 1. The maximum absolute atomic E-state index is 14.0. The van der Waals surface area contributed by atoms with Crippen LogP contribution in [0.25, 0.3) is 0 Å². The molecule has 3 heterocycles. The molecule has 3 atom stereocenters. The molecule has 1 amide bonds. The SMILES string of the molecule is CCN(C[C@@H](C(=O)N1CCN(c2ncnc3c2C(C)C[C@H]3O)CC1)c1ccc(Cl)cc1)C1CCOCC1. The van der Waals surface area contributed by atoms with E-state index in [1.807, 2.05) is 29.2 Å². The fourth-order valence-corrected chi connectivity index (χ4v) is 6.28. The van der Waals surface area contributed by atoms with Crippen LogP contribution in [0.3, 0.4) is 0 Å². The van der Waals surface area contributed by atoms with Gasteiger partial charge in [-0.25, -0.2) is 9.97 Å². The molecule has 2 fully saturated rings. The Morgan fingerprint density at radius 2 is 1.86 bits per heavy atom. The molecule has 8 nitrogen and oxygen atoms in total. The standard InChI is InChI=1S/C28H38ClN5O3/c1-3-32(22-8-14-37-15-9-22)17-23(20-4-6-21(29)7-5-20)28(36)34-12-10-33(11-13-34)27-25-19(2)16-24(35)26(25)30-18-31-27/h4-7,18-19,22-24,35H,3,8-17H2,1-2H3/t19?,23-,24-/m1/s1. The molecule has 0 saturated carbocycles. The third-order valence-electron chi connectivity index (χ3n) is 8.27. The number of rotatable bonds is 7. The number of aromatic nitrogens is 2. The van der Waals surface area contributed by atoms with Crippen molar-refractivity contribution < 1.29 is 14.6 Å². The van der Waals surface area contributed by atoms with Crippen LogP contribution in [0.1, 0.15) is 67.9 Å². The van der Waals surface area contributed by atoms with Crippen LogP contribution in [0.2, 0.25) is 5.02 Å². The number of hydrogen-bond donors (Lipinski definition) is 1. The lowest BCUT2D eigenvalue weighted by Crippen LogP contribution is -2.52. The molecule has 0 bridgehead atoms. The Morgan fingerprint density at radius 3 is 2.54 bits per heavy atom. The predicted molar refractivity (Wildman–Crippen MR) is 144 cm³/mol. The Kier molecular flexibility index (Phi) is 8.29. The Bertz CT molecular complexity index is 1070.